The van der Waals surface area contributed by atoms with Gasteiger partial charge in [-0.2, -0.15) is 0 Å². The predicted molar refractivity (Wildman–Crippen MR) is 64.7 cm³/mol. The molecule has 16 heavy (non-hydrogen) atoms. The number of rotatable bonds is 4. The van der Waals surface area contributed by atoms with E-state index in [1.165, 1.54) is 11.3 Å². The second-order valence-corrected chi connectivity index (χ2v) is 4.54. The molecular formula is C10H14N4OS. The predicted octanol–water partition coefficient (Wildman–Crippen LogP) is 0.146. The van der Waals surface area contributed by atoms with Crippen molar-refractivity contribution in [2.75, 3.05) is 20.1 Å². The summed E-state index contributed by atoms with van der Waals surface area (Å²) >= 11 is 1.46. The van der Waals surface area contributed by atoms with Gasteiger partial charge < -0.3 is 5.73 Å². The Labute approximate surface area is 97.1 Å². The van der Waals surface area contributed by atoms with E-state index in [1.54, 1.807) is 16.7 Å². The van der Waals surface area contributed by atoms with Gasteiger partial charge in [-0.1, -0.05) is 0 Å². The fourth-order valence-corrected chi connectivity index (χ4v) is 2.28. The number of fused-ring (bicyclic) bond motifs is 1. The lowest BCUT2D eigenvalue weighted by molar-refractivity contribution is 0.332. The Morgan fingerprint density at radius 1 is 1.62 bits per heavy atom. The molecule has 86 valence electrons. The maximum atomic E-state index is 11.7. The van der Waals surface area contributed by atoms with Gasteiger partial charge in [0.15, 0.2) is 4.96 Å². The highest BCUT2D eigenvalue weighted by molar-refractivity contribution is 7.15. The van der Waals surface area contributed by atoms with Crippen molar-refractivity contribution in [2.45, 2.75) is 6.54 Å². The van der Waals surface area contributed by atoms with E-state index < -0.39 is 0 Å². The molecule has 0 bridgehead atoms. The summed E-state index contributed by atoms with van der Waals surface area (Å²) in [5.74, 6) is 0. The molecule has 0 saturated carbocycles. The largest absolute Gasteiger partial charge is 0.329 e. The first-order chi connectivity index (χ1) is 7.70. The topological polar surface area (TPSA) is 63.6 Å². The fraction of sp³-hybridized carbons (Fsp3) is 0.400. The molecule has 0 fully saturated rings. The number of thiazole rings is 1. The van der Waals surface area contributed by atoms with Crippen LogP contribution in [-0.4, -0.2) is 34.4 Å². The zero-order valence-electron chi connectivity index (χ0n) is 9.09. The van der Waals surface area contributed by atoms with E-state index in [0.717, 1.165) is 17.2 Å². The van der Waals surface area contributed by atoms with Gasteiger partial charge in [-0.15, -0.1) is 11.3 Å². The molecule has 0 aliphatic carbocycles. The quantitative estimate of drug-likeness (QED) is 0.823. The molecule has 0 saturated heterocycles. The Kier molecular flexibility index (Phi) is 3.33. The van der Waals surface area contributed by atoms with Crippen LogP contribution in [0.4, 0.5) is 0 Å². The van der Waals surface area contributed by atoms with Gasteiger partial charge >= 0.3 is 0 Å². The van der Waals surface area contributed by atoms with E-state index in [9.17, 15) is 4.79 Å². The first-order valence-corrected chi connectivity index (χ1v) is 5.93. The lowest BCUT2D eigenvalue weighted by Crippen LogP contribution is -2.26. The molecule has 0 radical (unpaired) electrons. The summed E-state index contributed by atoms with van der Waals surface area (Å²) in [6.45, 7) is 2.06. The van der Waals surface area contributed by atoms with Gasteiger partial charge in [0.2, 0.25) is 0 Å². The minimum Gasteiger partial charge on any atom is -0.329 e. The SMILES string of the molecule is CN(CCN)Cc1cc(=O)n2ccsc2n1. The number of nitrogens with two attached hydrogens (primary N) is 1. The summed E-state index contributed by atoms with van der Waals surface area (Å²) in [4.78, 5) is 18.9. The van der Waals surface area contributed by atoms with Crippen LogP contribution < -0.4 is 11.3 Å². The first-order valence-electron chi connectivity index (χ1n) is 5.05. The normalized spacial score (nSPS) is 11.4. The third-order valence-corrected chi connectivity index (χ3v) is 3.06. The molecule has 2 N–H and O–H groups in total. The van der Waals surface area contributed by atoms with Gasteiger partial charge in [-0.3, -0.25) is 14.1 Å². The van der Waals surface area contributed by atoms with Crippen molar-refractivity contribution >= 4 is 16.3 Å². The van der Waals surface area contributed by atoms with E-state index in [1.807, 2.05) is 17.3 Å². The van der Waals surface area contributed by atoms with Crippen molar-refractivity contribution in [2.24, 2.45) is 5.73 Å². The standard InChI is InChI=1S/C10H14N4OS/c1-13(3-2-11)7-8-6-9(15)14-4-5-16-10(14)12-8/h4-6H,2-3,7,11H2,1H3. The van der Waals surface area contributed by atoms with Crippen molar-refractivity contribution in [3.05, 3.63) is 33.7 Å². The molecule has 0 amide bonds. The fourth-order valence-electron chi connectivity index (χ4n) is 1.54. The van der Waals surface area contributed by atoms with Crippen LogP contribution in [0.15, 0.2) is 22.4 Å². The molecule has 0 spiro atoms. The van der Waals surface area contributed by atoms with Crippen LogP contribution in [-0.2, 0) is 6.54 Å². The van der Waals surface area contributed by atoms with Gasteiger partial charge in [-0.05, 0) is 7.05 Å². The molecule has 0 atom stereocenters. The van der Waals surface area contributed by atoms with Crippen molar-refractivity contribution in [3.8, 4) is 0 Å². The van der Waals surface area contributed by atoms with Crippen LogP contribution >= 0.6 is 11.3 Å². The van der Waals surface area contributed by atoms with Gasteiger partial charge in [0.1, 0.15) is 0 Å². The van der Waals surface area contributed by atoms with E-state index in [2.05, 4.69) is 4.98 Å². The van der Waals surface area contributed by atoms with Crippen LogP contribution in [0.5, 0.6) is 0 Å². The molecule has 2 aromatic rings. The average Bonchev–Trinajstić information content (AvgIpc) is 2.66. The maximum absolute atomic E-state index is 11.7. The Bertz CT molecular complexity index is 533. The summed E-state index contributed by atoms with van der Waals surface area (Å²) in [6, 6.07) is 1.58. The number of nitrogens with zero attached hydrogens (tertiary/aromatic N) is 3. The smallest absolute Gasteiger partial charge is 0.258 e. The van der Waals surface area contributed by atoms with Gasteiger partial charge in [0.05, 0.1) is 5.69 Å². The minimum atomic E-state index is -0.0256. The van der Waals surface area contributed by atoms with Crippen LogP contribution in [0.25, 0.3) is 4.96 Å². The monoisotopic (exact) mass is 238 g/mol. The molecule has 5 nitrogen and oxygen atoms in total. The maximum Gasteiger partial charge on any atom is 0.258 e. The van der Waals surface area contributed by atoms with Crippen molar-refractivity contribution in [1.29, 1.82) is 0 Å². The van der Waals surface area contributed by atoms with Gasteiger partial charge in [0, 0.05) is 37.3 Å². The van der Waals surface area contributed by atoms with Crippen LogP contribution in [0.1, 0.15) is 5.69 Å². The lowest BCUT2D eigenvalue weighted by Gasteiger charge is -2.14. The third-order valence-electron chi connectivity index (χ3n) is 2.30. The Hall–Kier alpha value is -1.24. The molecule has 0 aliphatic heterocycles. The molecule has 0 aliphatic rings. The number of hydrogen-bond donors (Lipinski definition) is 1. The van der Waals surface area contributed by atoms with E-state index in [4.69, 9.17) is 5.73 Å². The Morgan fingerprint density at radius 3 is 3.19 bits per heavy atom. The highest BCUT2D eigenvalue weighted by atomic mass is 32.1. The molecule has 2 heterocycles. The van der Waals surface area contributed by atoms with Crippen molar-refractivity contribution < 1.29 is 0 Å². The summed E-state index contributed by atoms with van der Waals surface area (Å²) in [6.07, 6.45) is 1.74. The average molecular weight is 238 g/mol. The Morgan fingerprint density at radius 2 is 2.44 bits per heavy atom. The first kappa shape index (κ1) is 11.3. The van der Waals surface area contributed by atoms with Crippen LogP contribution in [0.2, 0.25) is 0 Å². The summed E-state index contributed by atoms with van der Waals surface area (Å²) in [5, 5.41) is 1.86. The summed E-state index contributed by atoms with van der Waals surface area (Å²) in [7, 11) is 1.96. The molecule has 0 unspecified atom stereocenters. The molecule has 0 aromatic carbocycles. The van der Waals surface area contributed by atoms with E-state index in [-0.39, 0.29) is 5.56 Å². The van der Waals surface area contributed by atoms with Crippen LogP contribution in [0.3, 0.4) is 0 Å². The second-order valence-electron chi connectivity index (χ2n) is 3.67. The highest BCUT2D eigenvalue weighted by Gasteiger charge is 2.05. The summed E-state index contributed by atoms with van der Waals surface area (Å²) < 4.78 is 1.55. The van der Waals surface area contributed by atoms with E-state index >= 15 is 0 Å². The second kappa shape index (κ2) is 4.73. The zero-order chi connectivity index (χ0) is 11.5. The zero-order valence-corrected chi connectivity index (χ0v) is 9.91. The lowest BCUT2D eigenvalue weighted by atomic mass is 10.3. The molecule has 6 heteroatoms. The number of likely N-dealkylation sites (N-methyl/N-ethyl adjacent to an activating group) is 1. The third kappa shape index (κ3) is 2.29. The van der Waals surface area contributed by atoms with Gasteiger partial charge in [-0.25, -0.2) is 4.98 Å². The molecule has 2 rings (SSSR count). The Balaban J connectivity index is 2.28. The summed E-state index contributed by atoms with van der Waals surface area (Å²) in [5.41, 5.74) is 6.23. The molecule has 2 aromatic heterocycles. The van der Waals surface area contributed by atoms with Crippen molar-refractivity contribution in [3.63, 3.8) is 0 Å². The highest BCUT2D eigenvalue weighted by Crippen LogP contribution is 2.07. The van der Waals surface area contributed by atoms with Crippen molar-refractivity contribution in [1.82, 2.24) is 14.3 Å². The number of hydrogen-bond acceptors (Lipinski definition) is 5. The van der Waals surface area contributed by atoms with Crippen LogP contribution in [0, 0.1) is 0 Å². The number of aromatic nitrogens is 2. The van der Waals surface area contributed by atoms with E-state index in [0.29, 0.717) is 13.1 Å². The van der Waals surface area contributed by atoms with Gasteiger partial charge in [0.25, 0.3) is 5.56 Å². The minimum absolute atomic E-state index is 0.0256. The molecular weight excluding hydrogens is 224 g/mol.